The molecule has 0 aliphatic carbocycles. The molecule has 106 valence electrons. The lowest BCUT2D eigenvalue weighted by Crippen LogP contribution is -2.33. The van der Waals surface area contributed by atoms with Gasteiger partial charge >= 0.3 is 5.97 Å². The number of Topliss-reactive ketones (excluding diaryl/α,β-unsaturated/α-hetero) is 1. The van der Waals surface area contributed by atoms with Gasteiger partial charge in [0, 0.05) is 12.2 Å². The SMILES string of the molecule is CCOC(=O)c1ccc(N2CNC(C(=O)C=O)C2)cc1. The van der Waals surface area contributed by atoms with Crippen LogP contribution in [0.15, 0.2) is 24.3 Å². The van der Waals surface area contributed by atoms with E-state index in [1.54, 1.807) is 31.2 Å². The van der Waals surface area contributed by atoms with Crippen LogP contribution in [0.5, 0.6) is 0 Å². The molecule has 6 nitrogen and oxygen atoms in total. The summed E-state index contributed by atoms with van der Waals surface area (Å²) >= 11 is 0. The zero-order chi connectivity index (χ0) is 14.5. The highest BCUT2D eigenvalue weighted by atomic mass is 16.5. The van der Waals surface area contributed by atoms with E-state index >= 15 is 0 Å². The number of nitrogens with zero attached hydrogens (tertiary/aromatic N) is 1. The first-order chi connectivity index (χ1) is 9.65. The summed E-state index contributed by atoms with van der Waals surface area (Å²) in [7, 11) is 0. The molecule has 0 amide bonds. The first kappa shape index (κ1) is 14.2. The zero-order valence-corrected chi connectivity index (χ0v) is 11.2. The lowest BCUT2D eigenvalue weighted by Gasteiger charge is -2.17. The van der Waals surface area contributed by atoms with Gasteiger partial charge in [-0.3, -0.25) is 14.9 Å². The fourth-order valence-corrected chi connectivity index (χ4v) is 2.06. The van der Waals surface area contributed by atoms with Crippen LogP contribution in [0.1, 0.15) is 17.3 Å². The van der Waals surface area contributed by atoms with Crippen molar-refractivity contribution >= 4 is 23.7 Å². The number of ketones is 1. The number of hydrogen-bond donors (Lipinski definition) is 1. The Balaban J connectivity index is 2.02. The summed E-state index contributed by atoms with van der Waals surface area (Å²) in [6, 6.07) is 6.49. The minimum absolute atomic E-state index is 0.338. The number of esters is 1. The van der Waals surface area contributed by atoms with Crippen LogP contribution in [0, 0.1) is 0 Å². The predicted molar refractivity (Wildman–Crippen MR) is 72.6 cm³/mol. The molecular weight excluding hydrogens is 260 g/mol. The van der Waals surface area contributed by atoms with Crippen LogP contribution < -0.4 is 10.2 Å². The predicted octanol–water partition coefficient (Wildman–Crippen LogP) is 0.367. The minimum atomic E-state index is -0.461. The molecular formula is C14H16N2O4. The molecule has 0 bridgehead atoms. The van der Waals surface area contributed by atoms with Gasteiger partial charge in [-0.25, -0.2) is 4.79 Å². The van der Waals surface area contributed by atoms with E-state index in [4.69, 9.17) is 4.74 Å². The molecule has 1 N–H and O–H groups in total. The molecule has 2 rings (SSSR count). The summed E-state index contributed by atoms with van der Waals surface area (Å²) < 4.78 is 4.91. The van der Waals surface area contributed by atoms with Crippen molar-refractivity contribution in [3.63, 3.8) is 0 Å². The quantitative estimate of drug-likeness (QED) is 0.475. The van der Waals surface area contributed by atoms with Crippen LogP contribution in [0.25, 0.3) is 0 Å². The standard InChI is InChI=1S/C14H16N2O4/c1-2-20-14(19)10-3-5-11(6-4-10)16-7-12(15-9-16)13(18)8-17/h3-6,8,12,15H,2,7,9H2,1H3. The van der Waals surface area contributed by atoms with E-state index in [0.717, 1.165) is 5.69 Å². The summed E-state index contributed by atoms with van der Waals surface area (Å²) in [5.74, 6) is -0.803. The van der Waals surface area contributed by atoms with Crippen molar-refractivity contribution in [1.29, 1.82) is 0 Å². The van der Waals surface area contributed by atoms with Gasteiger partial charge < -0.3 is 9.64 Å². The molecule has 1 heterocycles. The van der Waals surface area contributed by atoms with E-state index in [1.807, 2.05) is 4.90 Å². The molecule has 1 fully saturated rings. The molecule has 1 aromatic carbocycles. The van der Waals surface area contributed by atoms with Crippen LogP contribution >= 0.6 is 0 Å². The van der Waals surface area contributed by atoms with Crippen molar-refractivity contribution in [1.82, 2.24) is 5.32 Å². The second kappa shape index (κ2) is 6.29. The number of carbonyl (C=O) groups is 3. The van der Waals surface area contributed by atoms with Crippen LogP contribution in [0.2, 0.25) is 0 Å². The van der Waals surface area contributed by atoms with Crippen LogP contribution in [-0.2, 0) is 14.3 Å². The van der Waals surface area contributed by atoms with Gasteiger partial charge in [-0.05, 0) is 31.2 Å². The zero-order valence-electron chi connectivity index (χ0n) is 11.2. The third-order valence-electron chi connectivity index (χ3n) is 3.13. The molecule has 0 radical (unpaired) electrons. The summed E-state index contributed by atoms with van der Waals surface area (Å²) in [5, 5.41) is 2.97. The first-order valence-electron chi connectivity index (χ1n) is 6.40. The largest absolute Gasteiger partial charge is 0.462 e. The fraction of sp³-hybridized carbons (Fsp3) is 0.357. The molecule has 0 spiro atoms. The van der Waals surface area contributed by atoms with Crippen molar-refractivity contribution in [2.45, 2.75) is 13.0 Å². The van der Waals surface area contributed by atoms with Crippen molar-refractivity contribution in [2.75, 3.05) is 24.7 Å². The topological polar surface area (TPSA) is 75.7 Å². The summed E-state index contributed by atoms with van der Waals surface area (Å²) in [6.45, 7) is 3.03. The lowest BCUT2D eigenvalue weighted by atomic mass is 10.2. The molecule has 1 aliphatic heterocycles. The van der Waals surface area contributed by atoms with E-state index in [2.05, 4.69) is 5.32 Å². The van der Waals surface area contributed by atoms with Gasteiger partial charge in [-0.15, -0.1) is 0 Å². The van der Waals surface area contributed by atoms with E-state index in [0.29, 0.717) is 31.7 Å². The molecule has 1 saturated heterocycles. The normalized spacial score (nSPS) is 17.9. The summed E-state index contributed by atoms with van der Waals surface area (Å²) in [4.78, 5) is 35.2. The number of nitrogens with one attached hydrogen (secondary N) is 1. The van der Waals surface area contributed by atoms with Gasteiger partial charge in [0.1, 0.15) is 0 Å². The molecule has 0 aromatic heterocycles. The highest BCUT2D eigenvalue weighted by molar-refractivity contribution is 6.27. The minimum Gasteiger partial charge on any atom is -0.462 e. The number of anilines is 1. The number of ether oxygens (including phenoxy) is 1. The maximum atomic E-state index is 11.5. The van der Waals surface area contributed by atoms with Crippen molar-refractivity contribution in [3.05, 3.63) is 29.8 Å². The fourth-order valence-electron chi connectivity index (χ4n) is 2.06. The maximum Gasteiger partial charge on any atom is 0.338 e. The Bertz CT molecular complexity index is 512. The Morgan fingerprint density at radius 3 is 2.70 bits per heavy atom. The second-order valence-corrected chi connectivity index (χ2v) is 4.42. The molecule has 6 heteroatoms. The Labute approximate surface area is 116 Å². The Hall–Kier alpha value is -2.21. The number of rotatable bonds is 5. The Morgan fingerprint density at radius 2 is 2.10 bits per heavy atom. The average molecular weight is 276 g/mol. The van der Waals surface area contributed by atoms with Crippen molar-refractivity contribution < 1.29 is 19.1 Å². The van der Waals surface area contributed by atoms with Gasteiger partial charge in [0.25, 0.3) is 0 Å². The number of carbonyl (C=O) groups excluding carboxylic acids is 3. The monoisotopic (exact) mass is 276 g/mol. The highest BCUT2D eigenvalue weighted by Gasteiger charge is 2.27. The molecule has 20 heavy (non-hydrogen) atoms. The number of benzene rings is 1. The smallest absolute Gasteiger partial charge is 0.338 e. The van der Waals surface area contributed by atoms with Crippen molar-refractivity contribution in [3.8, 4) is 0 Å². The first-order valence-corrected chi connectivity index (χ1v) is 6.40. The van der Waals surface area contributed by atoms with E-state index < -0.39 is 11.8 Å². The Kier molecular flexibility index (Phi) is 4.47. The average Bonchev–Trinajstić information content (AvgIpc) is 2.96. The molecule has 1 aromatic rings. The van der Waals surface area contributed by atoms with Crippen LogP contribution in [0.3, 0.4) is 0 Å². The summed E-state index contributed by atoms with van der Waals surface area (Å²) in [5.41, 5.74) is 1.37. The van der Waals surface area contributed by atoms with Gasteiger partial charge in [-0.2, -0.15) is 0 Å². The second-order valence-electron chi connectivity index (χ2n) is 4.42. The lowest BCUT2D eigenvalue weighted by molar-refractivity contribution is -0.130. The van der Waals surface area contributed by atoms with E-state index in [-0.39, 0.29) is 5.97 Å². The molecule has 1 unspecified atom stereocenters. The van der Waals surface area contributed by atoms with Gasteiger partial charge in [-0.1, -0.05) is 0 Å². The van der Waals surface area contributed by atoms with Crippen molar-refractivity contribution in [2.24, 2.45) is 0 Å². The molecule has 1 aliphatic rings. The van der Waals surface area contributed by atoms with Gasteiger partial charge in [0.15, 0.2) is 6.29 Å². The van der Waals surface area contributed by atoms with E-state index in [9.17, 15) is 14.4 Å². The van der Waals surface area contributed by atoms with Crippen LogP contribution in [0.4, 0.5) is 5.69 Å². The summed E-state index contributed by atoms with van der Waals surface area (Å²) in [6.07, 6.45) is 0.338. The van der Waals surface area contributed by atoms with Crippen LogP contribution in [-0.4, -0.2) is 43.9 Å². The maximum absolute atomic E-state index is 11.5. The third-order valence-corrected chi connectivity index (χ3v) is 3.13. The number of aldehydes is 1. The van der Waals surface area contributed by atoms with E-state index in [1.165, 1.54) is 0 Å². The third kappa shape index (κ3) is 3.03. The van der Waals surface area contributed by atoms with Gasteiger partial charge in [0.2, 0.25) is 5.78 Å². The Morgan fingerprint density at radius 1 is 1.40 bits per heavy atom. The number of hydrogen-bond acceptors (Lipinski definition) is 6. The molecule has 0 saturated carbocycles. The van der Waals surface area contributed by atoms with Gasteiger partial charge in [0.05, 0.1) is 24.9 Å². The molecule has 1 atom stereocenters. The highest BCUT2D eigenvalue weighted by Crippen LogP contribution is 2.18.